The number of halogens is 3. The maximum atomic E-state index is 13.7. The van der Waals surface area contributed by atoms with E-state index in [0.29, 0.717) is 23.5 Å². The normalized spacial score (nSPS) is 20.2. The first-order valence-electron chi connectivity index (χ1n) is 6.49. The van der Waals surface area contributed by atoms with E-state index in [2.05, 4.69) is 15.9 Å². The number of hydrogen-bond donors (Lipinski definition) is 1. The zero-order valence-corrected chi connectivity index (χ0v) is 13.7. The van der Waals surface area contributed by atoms with E-state index < -0.39 is 5.82 Å². The summed E-state index contributed by atoms with van der Waals surface area (Å²) in [5.74, 6) is -0.423. The zero-order valence-electron chi connectivity index (χ0n) is 11.3. The van der Waals surface area contributed by atoms with E-state index in [1.165, 1.54) is 12.1 Å². The van der Waals surface area contributed by atoms with Gasteiger partial charge in [-0.15, -0.1) is 12.4 Å². The Morgan fingerprint density at radius 1 is 1.55 bits per heavy atom. The van der Waals surface area contributed by atoms with E-state index >= 15 is 0 Å². The SMILES string of the molecule is CC(N)C1CCCN(C(=O)c2cc(Br)ccc2F)C1.Cl. The van der Waals surface area contributed by atoms with Gasteiger partial charge in [-0.2, -0.15) is 0 Å². The van der Waals surface area contributed by atoms with Crippen LogP contribution in [-0.4, -0.2) is 29.9 Å². The second-order valence-corrected chi connectivity index (χ2v) is 6.05. The number of nitrogens with two attached hydrogens (primary N) is 1. The van der Waals surface area contributed by atoms with Gasteiger partial charge in [0.1, 0.15) is 5.82 Å². The molecule has 1 aliphatic rings. The third-order valence-electron chi connectivity index (χ3n) is 3.65. The lowest BCUT2D eigenvalue weighted by Crippen LogP contribution is -2.45. The monoisotopic (exact) mass is 364 g/mol. The number of likely N-dealkylation sites (tertiary alicyclic amines) is 1. The molecular formula is C14H19BrClFN2O. The lowest BCUT2D eigenvalue weighted by Gasteiger charge is -2.34. The molecule has 3 nitrogen and oxygen atoms in total. The molecule has 0 aromatic heterocycles. The third-order valence-corrected chi connectivity index (χ3v) is 4.14. The summed E-state index contributed by atoms with van der Waals surface area (Å²) < 4.78 is 14.4. The molecule has 20 heavy (non-hydrogen) atoms. The molecule has 2 N–H and O–H groups in total. The van der Waals surface area contributed by atoms with Crippen LogP contribution in [0.15, 0.2) is 22.7 Å². The van der Waals surface area contributed by atoms with Gasteiger partial charge in [0, 0.05) is 23.6 Å². The smallest absolute Gasteiger partial charge is 0.256 e. The largest absolute Gasteiger partial charge is 0.338 e. The number of carbonyl (C=O) groups excluding carboxylic acids is 1. The minimum Gasteiger partial charge on any atom is -0.338 e. The topological polar surface area (TPSA) is 46.3 Å². The molecule has 1 aliphatic heterocycles. The summed E-state index contributed by atoms with van der Waals surface area (Å²) >= 11 is 3.27. The predicted molar refractivity (Wildman–Crippen MR) is 83.6 cm³/mol. The van der Waals surface area contributed by atoms with Crippen LogP contribution in [0.25, 0.3) is 0 Å². The van der Waals surface area contributed by atoms with E-state index in [9.17, 15) is 9.18 Å². The molecule has 0 spiro atoms. The van der Waals surface area contributed by atoms with Gasteiger partial charge in [0.25, 0.3) is 5.91 Å². The van der Waals surface area contributed by atoms with Gasteiger partial charge in [0.05, 0.1) is 5.56 Å². The second-order valence-electron chi connectivity index (χ2n) is 5.14. The third kappa shape index (κ3) is 3.93. The highest BCUT2D eigenvalue weighted by molar-refractivity contribution is 9.10. The number of carbonyl (C=O) groups is 1. The van der Waals surface area contributed by atoms with Gasteiger partial charge >= 0.3 is 0 Å². The number of benzene rings is 1. The van der Waals surface area contributed by atoms with Crippen molar-refractivity contribution >= 4 is 34.2 Å². The predicted octanol–water partition coefficient (Wildman–Crippen LogP) is 3.21. The molecule has 6 heteroatoms. The minimum atomic E-state index is -0.476. The molecule has 0 bridgehead atoms. The minimum absolute atomic E-state index is 0. The van der Waals surface area contributed by atoms with Crippen LogP contribution in [0.5, 0.6) is 0 Å². The molecule has 1 amide bonds. The number of nitrogens with zero attached hydrogens (tertiary/aromatic N) is 1. The summed E-state index contributed by atoms with van der Waals surface area (Å²) in [7, 11) is 0. The van der Waals surface area contributed by atoms with Crippen LogP contribution in [0.2, 0.25) is 0 Å². The molecular weight excluding hydrogens is 347 g/mol. The van der Waals surface area contributed by atoms with Crippen molar-refractivity contribution in [3.63, 3.8) is 0 Å². The van der Waals surface area contributed by atoms with Crippen molar-refractivity contribution in [2.75, 3.05) is 13.1 Å². The second kappa shape index (κ2) is 7.38. The van der Waals surface area contributed by atoms with Crippen LogP contribution in [0.1, 0.15) is 30.1 Å². The number of piperidine rings is 1. The summed E-state index contributed by atoms with van der Waals surface area (Å²) in [5, 5.41) is 0. The molecule has 1 heterocycles. The Kier molecular flexibility index (Phi) is 6.43. The first-order chi connectivity index (χ1) is 8.99. The van der Waals surface area contributed by atoms with Crippen molar-refractivity contribution in [3.8, 4) is 0 Å². The number of rotatable bonds is 2. The van der Waals surface area contributed by atoms with Gasteiger partial charge < -0.3 is 10.6 Å². The quantitative estimate of drug-likeness (QED) is 0.875. The summed E-state index contributed by atoms with van der Waals surface area (Å²) in [6, 6.07) is 4.49. The van der Waals surface area contributed by atoms with Crippen molar-refractivity contribution in [1.29, 1.82) is 0 Å². The summed E-state index contributed by atoms with van der Waals surface area (Å²) in [5.41, 5.74) is 6.03. The van der Waals surface area contributed by atoms with E-state index in [1.54, 1.807) is 11.0 Å². The van der Waals surface area contributed by atoms with Crippen LogP contribution in [0.4, 0.5) is 4.39 Å². The average molecular weight is 366 g/mol. The Labute approximate surface area is 133 Å². The van der Waals surface area contributed by atoms with Crippen molar-refractivity contribution in [2.45, 2.75) is 25.8 Å². The molecule has 112 valence electrons. The van der Waals surface area contributed by atoms with Crippen molar-refractivity contribution < 1.29 is 9.18 Å². The molecule has 1 aromatic rings. The first kappa shape index (κ1) is 17.4. The Balaban J connectivity index is 0.00000200. The van der Waals surface area contributed by atoms with Crippen LogP contribution in [0, 0.1) is 11.7 Å². The maximum absolute atomic E-state index is 13.7. The summed E-state index contributed by atoms with van der Waals surface area (Å²) in [6.45, 7) is 3.24. The van der Waals surface area contributed by atoms with Crippen LogP contribution >= 0.6 is 28.3 Å². The van der Waals surface area contributed by atoms with Gasteiger partial charge in [0.2, 0.25) is 0 Å². The summed E-state index contributed by atoms with van der Waals surface area (Å²) in [4.78, 5) is 14.1. The van der Waals surface area contributed by atoms with Gasteiger partial charge in [0.15, 0.2) is 0 Å². The highest BCUT2D eigenvalue weighted by atomic mass is 79.9. The highest BCUT2D eigenvalue weighted by Crippen LogP contribution is 2.23. The molecule has 2 unspecified atom stereocenters. The molecule has 0 radical (unpaired) electrons. The summed E-state index contributed by atoms with van der Waals surface area (Å²) in [6.07, 6.45) is 1.95. The van der Waals surface area contributed by atoms with Crippen molar-refractivity contribution in [3.05, 3.63) is 34.1 Å². The molecule has 1 aromatic carbocycles. The molecule has 0 aliphatic carbocycles. The Morgan fingerprint density at radius 2 is 2.25 bits per heavy atom. The number of amides is 1. The molecule has 1 fully saturated rings. The van der Waals surface area contributed by atoms with E-state index in [0.717, 1.165) is 12.8 Å². The lowest BCUT2D eigenvalue weighted by atomic mass is 9.92. The number of hydrogen-bond acceptors (Lipinski definition) is 2. The van der Waals surface area contributed by atoms with E-state index in [-0.39, 0.29) is 29.9 Å². The zero-order chi connectivity index (χ0) is 14.0. The maximum Gasteiger partial charge on any atom is 0.256 e. The van der Waals surface area contributed by atoms with Gasteiger partial charge in [-0.05, 0) is 43.9 Å². The van der Waals surface area contributed by atoms with Gasteiger partial charge in [-0.25, -0.2) is 4.39 Å². The van der Waals surface area contributed by atoms with Crippen LogP contribution in [-0.2, 0) is 0 Å². The molecule has 1 saturated heterocycles. The standard InChI is InChI=1S/C14H18BrFN2O.ClH/c1-9(17)10-3-2-6-18(8-10)14(19)12-7-11(15)4-5-13(12)16;/h4-5,7,9-10H,2-3,6,8,17H2,1H3;1H. The Morgan fingerprint density at radius 3 is 2.90 bits per heavy atom. The van der Waals surface area contributed by atoms with Crippen LogP contribution < -0.4 is 5.73 Å². The van der Waals surface area contributed by atoms with E-state index in [4.69, 9.17) is 5.73 Å². The lowest BCUT2D eigenvalue weighted by molar-refractivity contribution is 0.0656. The molecule has 2 rings (SSSR count). The Bertz CT molecular complexity index is 484. The molecule has 0 saturated carbocycles. The van der Waals surface area contributed by atoms with Gasteiger partial charge in [-0.3, -0.25) is 4.79 Å². The fourth-order valence-electron chi connectivity index (χ4n) is 2.46. The van der Waals surface area contributed by atoms with Crippen LogP contribution in [0.3, 0.4) is 0 Å². The molecule has 2 atom stereocenters. The van der Waals surface area contributed by atoms with Gasteiger partial charge in [-0.1, -0.05) is 15.9 Å². The van der Waals surface area contributed by atoms with Crippen molar-refractivity contribution in [1.82, 2.24) is 4.90 Å². The fraction of sp³-hybridized carbons (Fsp3) is 0.500. The van der Waals surface area contributed by atoms with Crippen molar-refractivity contribution in [2.24, 2.45) is 11.7 Å². The Hall–Kier alpha value is -0.650. The fourth-order valence-corrected chi connectivity index (χ4v) is 2.82. The average Bonchev–Trinajstić information content (AvgIpc) is 2.41. The highest BCUT2D eigenvalue weighted by Gasteiger charge is 2.27. The first-order valence-corrected chi connectivity index (χ1v) is 7.28. The van der Waals surface area contributed by atoms with E-state index in [1.807, 2.05) is 6.92 Å².